The number of esters is 3. The minimum Gasteiger partial charge on any atom is -0.508 e. The Bertz CT molecular complexity index is 3230. The molecule has 16 heteroatoms. The van der Waals surface area contributed by atoms with E-state index < -0.39 is 29.5 Å². The van der Waals surface area contributed by atoms with Crippen LogP contribution in [0, 0.1) is 5.82 Å². The number of halogens is 4. The van der Waals surface area contributed by atoms with Crippen molar-refractivity contribution in [2.45, 2.75) is 60.0 Å². The van der Waals surface area contributed by atoms with Crippen molar-refractivity contribution >= 4 is 94.8 Å². The van der Waals surface area contributed by atoms with Gasteiger partial charge in [0.15, 0.2) is 0 Å². The predicted molar refractivity (Wildman–Crippen MR) is 294 cm³/mol. The summed E-state index contributed by atoms with van der Waals surface area (Å²) in [7, 11) is 0. The second-order valence-electron chi connectivity index (χ2n) is 17.1. The molecule has 2 aliphatic carbocycles. The minimum atomic E-state index is -0.632. The van der Waals surface area contributed by atoms with Crippen molar-refractivity contribution in [2.24, 2.45) is 0 Å². The highest BCUT2D eigenvalue weighted by Gasteiger charge is 2.21. The van der Waals surface area contributed by atoms with Crippen molar-refractivity contribution in [1.82, 2.24) is 4.57 Å². The molecule has 0 fully saturated rings. The van der Waals surface area contributed by atoms with E-state index in [1.54, 1.807) is 106 Å². The summed E-state index contributed by atoms with van der Waals surface area (Å²) >= 11 is 9.89. The summed E-state index contributed by atoms with van der Waals surface area (Å²) in [5.41, 5.74) is 5.73. The van der Waals surface area contributed by atoms with Gasteiger partial charge in [0.25, 0.3) is 0 Å². The molecule has 1 N–H and O–H groups in total. The summed E-state index contributed by atoms with van der Waals surface area (Å²) in [4.78, 5) is 47.7. The highest BCUT2D eigenvalue weighted by molar-refractivity contribution is 9.11. The normalized spacial score (nSPS) is 11.6. The molecule has 0 radical (unpaired) electrons. The number of hydrogen-bond acceptors (Lipinski definition) is 11. The standard InChI is InChI=1S/C22H22BrNO5.C18H15BrO3.C9H8BrFO2.C9H8O/c1-5-27-20(25)17-8-6-15(23)13-19(17)28-16-7-9-18-14(12-16)10-11-24(18)21(26)29-22(2,3)4;1-2-21-18(20)16-9-7-14(19)11-17(16)22-15-8-6-12-4-3-5-13(12)10-15;1-2-13-9(12)7-4-3-6(10)5-8(7)11;10-9-5-4-7-2-1-3-8(7)6-9/h6-13H,5H2,1-4H3;3,5-11H,2,4H2,1H3;3-5H,2H2,1H3;1,3-6,10H,2H2. The van der Waals surface area contributed by atoms with Crippen LogP contribution in [0.5, 0.6) is 28.7 Å². The van der Waals surface area contributed by atoms with Gasteiger partial charge in [-0.05, 0) is 180 Å². The summed E-state index contributed by atoms with van der Waals surface area (Å²) in [6.45, 7) is 11.5. The first-order chi connectivity index (χ1) is 35.4. The molecule has 74 heavy (non-hydrogen) atoms. The van der Waals surface area contributed by atoms with Crippen LogP contribution in [0.1, 0.15) is 94.9 Å². The van der Waals surface area contributed by atoms with Crippen LogP contribution in [0.3, 0.4) is 0 Å². The van der Waals surface area contributed by atoms with Gasteiger partial charge in [0.2, 0.25) is 0 Å². The largest absolute Gasteiger partial charge is 0.508 e. The van der Waals surface area contributed by atoms with Gasteiger partial charge in [0.05, 0.1) is 30.9 Å². The lowest BCUT2D eigenvalue weighted by molar-refractivity contribution is 0.0512. The van der Waals surface area contributed by atoms with Gasteiger partial charge in [-0.15, -0.1) is 0 Å². The lowest BCUT2D eigenvalue weighted by atomic mass is 10.1. The molecule has 9 rings (SSSR count). The zero-order chi connectivity index (χ0) is 53.5. The van der Waals surface area contributed by atoms with Crippen LogP contribution in [0.15, 0.2) is 147 Å². The van der Waals surface area contributed by atoms with Gasteiger partial charge in [0, 0.05) is 25.0 Å². The Hall–Kier alpha value is -7.01. The number of allylic oxidation sites excluding steroid dienone is 2. The van der Waals surface area contributed by atoms with Crippen molar-refractivity contribution < 1.29 is 57.1 Å². The summed E-state index contributed by atoms with van der Waals surface area (Å²) < 4.78 is 48.9. The molecular weight excluding hydrogens is 1150 g/mol. The Morgan fingerprint density at radius 2 is 1.05 bits per heavy atom. The molecule has 0 spiro atoms. The van der Waals surface area contributed by atoms with Gasteiger partial charge < -0.3 is 33.5 Å². The van der Waals surface area contributed by atoms with Crippen molar-refractivity contribution in [2.75, 3.05) is 19.8 Å². The third-order valence-corrected chi connectivity index (χ3v) is 12.0. The number of carbonyl (C=O) groups is 4. The van der Waals surface area contributed by atoms with Crippen LogP contribution >= 0.6 is 47.8 Å². The van der Waals surface area contributed by atoms with E-state index >= 15 is 0 Å². The number of fused-ring (bicyclic) bond motifs is 3. The van der Waals surface area contributed by atoms with E-state index in [0.29, 0.717) is 56.5 Å². The van der Waals surface area contributed by atoms with Crippen LogP contribution in [-0.4, -0.2) is 59.1 Å². The zero-order valence-electron chi connectivity index (χ0n) is 41.4. The van der Waals surface area contributed by atoms with E-state index in [-0.39, 0.29) is 24.7 Å². The Morgan fingerprint density at radius 1 is 0.581 bits per heavy atom. The second kappa shape index (κ2) is 26.3. The lowest BCUT2D eigenvalue weighted by Gasteiger charge is -2.19. The summed E-state index contributed by atoms with van der Waals surface area (Å²) in [6.07, 6.45) is 11.5. The van der Waals surface area contributed by atoms with Crippen LogP contribution in [0.4, 0.5) is 9.18 Å². The molecule has 1 heterocycles. The molecule has 0 unspecified atom stereocenters. The van der Waals surface area contributed by atoms with E-state index in [2.05, 4.69) is 70.8 Å². The third-order valence-electron chi connectivity index (χ3n) is 10.5. The minimum absolute atomic E-state index is 0.0370. The molecule has 1 aromatic heterocycles. The number of phenols is 1. The zero-order valence-corrected chi connectivity index (χ0v) is 46.1. The monoisotopic (exact) mass is 1200 g/mol. The fraction of sp³-hybridized carbons (Fsp3) is 0.207. The highest BCUT2D eigenvalue weighted by atomic mass is 79.9. The van der Waals surface area contributed by atoms with Crippen molar-refractivity contribution in [3.05, 3.63) is 192 Å². The van der Waals surface area contributed by atoms with Crippen LogP contribution < -0.4 is 9.47 Å². The first-order valence-corrected chi connectivity index (χ1v) is 25.8. The SMILES string of the molecule is CCOC(=O)c1ccc(Br)cc1F.CCOC(=O)c1ccc(Br)cc1Oc1ccc2c(c1)C=CC2.CCOC(=O)c1ccc(Br)cc1Oc1ccc2c(ccn2C(=O)OC(C)(C)C)c1.Oc1ccc2c(c1)C=CC2. The van der Waals surface area contributed by atoms with E-state index in [4.69, 9.17) is 28.8 Å². The third kappa shape index (κ3) is 15.7. The van der Waals surface area contributed by atoms with E-state index in [1.807, 2.05) is 51.1 Å². The molecule has 7 aromatic rings. The summed E-state index contributed by atoms with van der Waals surface area (Å²) in [5.74, 6) is 0.402. The lowest BCUT2D eigenvalue weighted by Crippen LogP contribution is -2.26. The Labute approximate surface area is 454 Å². The maximum absolute atomic E-state index is 13.1. The van der Waals surface area contributed by atoms with Gasteiger partial charge in [0.1, 0.15) is 51.3 Å². The maximum Gasteiger partial charge on any atom is 0.418 e. The molecule has 0 saturated heterocycles. The molecule has 0 bridgehead atoms. The van der Waals surface area contributed by atoms with Gasteiger partial charge in [-0.25, -0.2) is 23.6 Å². The molecule has 0 saturated carbocycles. The molecule has 12 nitrogen and oxygen atoms in total. The maximum atomic E-state index is 13.1. The number of rotatable bonds is 10. The Morgan fingerprint density at radius 3 is 1.58 bits per heavy atom. The van der Waals surface area contributed by atoms with Gasteiger partial charge in [-0.3, -0.25) is 4.57 Å². The van der Waals surface area contributed by atoms with Crippen molar-refractivity contribution in [3.63, 3.8) is 0 Å². The molecule has 2 aliphatic rings. The topological polar surface area (TPSA) is 149 Å². The smallest absolute Gasteiger partial charge is 0.418 e. The quantitative estimate of drug-likeness (QED) is 0.103. The van der Waals surface area contributed by atoms with E-state index in [9.17, 15) is 23.6 Å². The Kier molecular flexibility index (Phi) is 20.0. The number of aromatic hydroxyl groups is 1. The van der Waals surface area contributed by atoms with Crippen molar-refractivity contribution in [3.8, 4) is 28.7 Å². The first-order valence-electron chi connectivity index (χ1n) is 23.4. The number of ether oxygens (including phenoxy) is 6. The van der Waals surface area contributed by atoms with Gasteiger partial charge in [-0.2, -0.15) is 0 Å². The number of carbonyl (C=O) groups excluding carboxylic acids is 4. The molecular formula is C58H53Br3FNO11. The average molecular weight is 1200 g/mol. The fourth-order valence-electron chi connectivity index (χ4n) is 7.22. The Balaban J connectivity index is 0.000000173. The molecule has 6 aromatic carbocycles. The number of benzene rings is 6. The fourth-order valence-corrected chi connectivity index (χ4v) is 8.23. The van der Waals surface area contributed by atoms with Crippen LogP contribution in [0.2, 0.25) is 0 Å². The molecule has 0 aliphatic heterocycles. The number of hydrogen-bond donors (Lipinski definition) is 1. The number of aromatic nitrogens is 1. The predicted octanol–water partition coefficient (Wildman–Crippen LogP) is 15.9. The van der Waals surface area contributed by atoms with Crippen LogP contribution in [-0.2, 0) is 31.8 Å². The summed E-state index contributed by atoms with van der Waals surface area (Å²) in [6, 6.07) is 33.1. The number of phenolic OH excluding ortho intramolecular Hbond substituents is 1. The average Bonchev–Trinajstić information content (AvgIpc) is 4.12. The number of nitrogens with zero attached hydrogens (tertiary/aromatic N) is 1. The molecule has 0 amide bonds. The van der Waals surface area contributed by atoms with E-state index in [0.717, 1.165) is 38.3 Å². The van der Waals surface area contributed by atoms with Gasteiger partial charge >= 0.3 is 24.0 Å². The molecule has 0 atom stereocenters. The second-order valence-corrected chi connectivity index (χ2v) is 19.9. The van der Waals surface area contributed by atoms with E-state index in [1.165, 1.54) is 27.8 Å². The highest BCUT2D eigenvalue weighted by Crippen LogP contribution is 2.34. The summed E-state index contributed by atoms with van der Waals surface area (Å²) in [5, 5.41) is 9.87. The van der Waals surface area contributed by atoms with Crippen molar-refractivity contribution in [1.29, 1.82) is 0 Å². The van der Waals surface area contributed by atoms with Gasteiger partial charge in [-0.1, -0.05) is 84.2 Å². The first kappa shape index (κ1) is 56.3. The van der Waals surface area contributed by atoms with Crippen LogP contribution in [0.25, 0.3) is 23.1 Å². The molecule has 384 valence electrons.